The van der Waals surface area contributed by atoms with Crippen molar-refractivity contribution in [2.75, 3.05) is 0 Å². The minimum atomic E-state index is 0. The van der Waals surface area contributed by atoms with Gasteiger partial charge in [-0.05, 0) is 18.1 Å². The second kappa shape index (κ2) is 5.92. The molecule has 1 aromatic heterocycles. The molecule has 0 aliphatic carbocycles. The molecule has 0 saturated carbocycles. The second-order valence-electron chi connectivity index (χ2n) is 4.04. The van der Waals surface area contributed by atoms with Gasteiger partial charge in [0.2, 0.25) is 0 Å². The predicted octanol–water partition coefficient (Wildman–Crippen LogP) is 3.78. The fourth-order valence-electron chi connectivity index (χ4n) is 1.98. The number of H-pyrrole nitrogens is 1. The molecule has 2 aromatic rings. The van der Waals surface area contributed by atoms with Gasteiger partial charge in [-0.2, -0.15) is 0 Å². The highest BCUT2D eigenvalue weighted by atomic mass is 35.5. The van der Waals surface area contributed by atoms with E-state index in [9.17, 15) is 0 Å². The fraction of sp³-hybridized carbons (Fsp3) is 0.385. The van der Waals surface area contributed by atoms with Gasteiger partial charge in [0, 0.05) is 23.1 Å². The van der Waals surface area contributed by atoms with Crippen LogP contribution < -0.4 is 5.73 Å². The van der Waals surface area contributed by atoms with E-state index in [1.54, 1.807) is 0 Å². The lowest BCUT2D eigenvalue weighted by molar-refractivity contribution is 0.606. The molecule has 0 saturated heterocycles. The Morgan fingerprint density at radius 2 is 2.06 bits per heavy atom. The van der Waals surface area contributed by atoms with E-state index in [0.717, 1.165) is 6.42 Å². The van der Waals surface area contributed by atoms with Crippen LogP contribution in [-0.4, -0.2) is 4.98 Å². The number of hydrogen-bond acceptors (Lipinski definition) is 1. The molecule has 88 valence electrons. The number of nitrogens with two attached hydrogens (primary N) is 1. The van der Waals surface area contributed by atoms with Crippen molar-refractivity contribution in [3.05, 3.63) is 36.0 Å². The van der Waals surface area contributed by atoms with Crippen LogP contribution in [0.3, 0.4) is 0 Å². The number of benzene rings is 1. The average molecular weight is 239 g/mol. The smallest absolute Gasteiger partial charge is 0.0457 e. The van der Waals surface area contributed by atoms with Crippen LogP contribution in [0.5, 0.6) is 0 Å². The summed E-state index contributed by atoms with van der Waals surface area (Å²) in [4.78, 5) is 3.27. The number of aromatic amines is 1. The summed E-state index contributed by atoms with van der Waals surface area (Å²) >= 11 is 0. The van der Waals surface area contributed by atoms with Gasteiger partial charge in [0.1, 0.15) is 0 Å². The molecule has 0 bridgehead atoms. The van der Waals surface area contributed by atoms with Crippen LogP contribution in [0.1, 0.15) is 37.8 Å². The van der Waals surface area contributed by atoms with Crippen molar-refractivity contribution >= 4 is 23.3 Å². The molecule has 0 spiro atoms. The first-order chi connectivity index (χ1) is 7.33. The highest BCUT2D eigenvalue weighted by Crippen LogP contribution is 2.25. The van der Waals surface area contributed by atoms with E-state index in [4.69, 9.17) is 5.73 Å². The van der Waals surface area contributed by atoms with Crippen LogP contribution in [0.15, 0.2) is 30.5 Å². The van der Waals surface area contributed by atoms with Crippen molar-refractivity contribution in [3.8, 4) is 0 Å². The van der Waals surface area contributed by atoms with Gasteiger partial charge in [-0.1, -0.05) is 38.0 Å². The molecule has 3 heteroatoms. The minimum absolute atomic E-state index is 0. The van der Waals surface area contributed by atoms with Crippen LogP contribution in [0, 0.1) is 0 Å². The third kappa shape index (κ3) is 2.57. The Kier molecular flexibility index (Phi) is 4.84. The van der Waals surface area contributed by atoms with Crippen molar-refractivity contribution in [2.45, 2.75) is 32.2 Å². The van der Waals surface area contributed by atoms with Gasteiger partial charge in [0.05, 0.1) is 0 Å². The summed E-state index contributed by atoms with van der Waals surface area (Å²) in [5.74, 6) is 0. The molecule has 1 aromatic carbocycles. The van der Waals surface area contributed by atoms with Gasteiger partial charge in [0.25, 0.3) is 0 Å². The van der Waals surface area contributed by atoms with E-state index in [-0.39, 0.29) is 18.4 Å². The molecular weight excluding hydrogens is 220 g/mol. The number of para-hydroxylation sites is 1. The summed E-state index contributed by atoms with van der Waals surface area (Å²) in [5, 5.41) is 1.26. The van der Waals surface area contributed by atoms with Gasteiger partial charge < -0.3 is 10.7 Å². The van der Waals surface area contributed by atoms with Crippen molar-refractivity contribution in [2.24, 2.45) is 5.73 Å². The molecule has 2 rings (SSSR count). The molecule has 1 atom stereocenters. The number of halogens is 1. The van der Waals surface area contributed by atoms with E-state index in [1.165, 1.54) is 29.3 Å². The number of rotatable bonds is 4. The van der Waals surface area contributed by atoms with Crippen LogP contribution in [0.25, 0.3) is 10.9 Å². The number of unbranched alkanes of at least 4 members (excludes halogenated alkanes) is 1. The highest BCUT2D eigenvalue weighted by molar-refractivity contribution is 5.85. The van der Waals surface area contributed by atoms with Crippen molar-refractivity contribution in [1.29, 1.82) is 0 Å². The largest absolute Gasteiger partial charge is 0.361 e. The normalized spacial score (nSPS) is 12.4. The van der Waals surface area contributed by atoms with Gasteiger partial charge in [-0.15, -0.1) is 12.4 Å². The highest BCUT2D eigenvalue weighted by Gasteiger charge is 2.10. The van der Waals surface area contributed by atoms with Crippen LogP contribution >= 0.6 is 12.4 Å². The Morgan fingerprint density at radius 3 is 2.81 bits per heavy atom. The van der Waals surface area contributed by atoms with Gasteiger partial charge in [-0.3, -0.25) is 0 Å². The Morgan fingerprint density at radius 1 is 1.31 bits per heavy atom. The molecule has 16 heavy (non-hydrogen) atoms. The van der Waals surface area contributed by atoms with E-state index >= 15 is 0 Å². The van der Waals surface area contributed by atoms with Crippen molar-refractivity contribution < 1.29 is 0 Å². The van der Waals surface area contributed by atoms with Crippen molar-refractivity contribution in [3.63, 3.8) is 0 Å². The van der Waals surface area contributed by atoms with E-state index < -0.39 is 0 Å². The second-order valence-corrected chi connectivity index (χ2v) is 4.04. The molecule has 0 fully saturated rings. The van der Waals surface area contributed by atoms with E-state index in [1.807, 2.05) is 12.3 Å². The molecule has 0 radical (unpaired) electrons. The number of hydrogen-bond donors (Lipinski definition) is 2. The lowest BCUT2D eigenvalue weighted by Gasteiger charge is -2.09. The van der Waals surface area contributed by atoms with Crippen LogP contribution in [0.2, 0.25) is 0 Å². The van der Waals surface area contributed by atoms with Crippen LogP contribution in [0.4, 0.5) is 0 Å². The summed E-state index contributed by atoms with van der Waals surface area (Å²) in [7, 11) is 0. The molecule has 0 unspecified atom stereocenters. The Hall–Kier alpha value is -0.990. The van der Waals surface area contributed by atoms with Gasteiger partial charge >= 0.3 is 0 Å². The Labute approximate surface area is 103 Å². The van der Waals surface area contributed by atoms with E-state index in [0.29, 0.717) is 0 Å². The summed E-state index contributed by atoms with van der Waals surface area (Å²) in [5.41, 5.74) is 8.60. The first kappa shape index (κ1) is 13.1. The fourth-order valence-corrected chi connectivity index (χ4v) is 1.98. The SMILES string of the molecule is CCCC[C@@H](N)c1c[nH]c2ccccc12.Cl. The number of nitrogens with one attached hydrogen (secondary N) is 1. The van der Waals surface area contributed by atoms with Crippen LogP contribution in [-0.2, 0) is 0 Å². The number of aromatic nitrogens is 1. The van der Waals surface area contributed by atoms with Gasteiger partial charge in [0.15, 0.2) is 0 Å². The molecule has 0 aliphatic rings. The Balaban J connectivity index is 0.00000128. The summed E-state index contributed by atoms with van der Waals surface area (Å²) in [6.45, 7) is 2.20. The zero-order valence-electron chi connectivity index (χ0n) is 9.57. The lowest BCUT2D eigenvalue weighted by Crippen LogP contribution is -2.09. The maximum Gasteiger partial charge on any atom is 0.0457 e. The Bertz CT molecular complexity index is 436. The molecule has 1 heterocycles. The van der Waals surface area contributed by atoms with E-state index in [2.05, 4.69) is 30.1 Å². The predicted molar refractivity (Wildman–Crippen MR) is 72.0 cm³/mol. The summed E-state index contributed by atoms with van der Waals surface area (Å²) in [6.07, 6.45) is 5.51. The average Bonchev–Trinajstić information content (AvgIpc) is 2.69. The standard InChI is InChI=1S/C13H18N2.ClH/c1-2-3-7-12(14)11-9-15-13-8-5-4-6-10(11)13;/h4-6,8-9,12,15H,2-3,7,14H2,1H3;1H/t12-;/m1./s1. The molecule has 3 N–H and O–H groups in total. The monoisotopic (exact) mass is 238 g/mol. The first-order valence-electron chi connectivity index (χ1n) is 5.64. The third-order valence-electron chi connectivity index (χ3n) is 2.89. The summed E-state index contributed by atoms with van der Waals surface area (Å²) < 4.78 is 0. The quantitative estimate of drug-likeness (QED) is 0.836. The molecule has 0 amide bonds. The van der Waals surface area contributed by atoms with Crippen molar-refractivity contribution in [1.82, 2.24) is 4.98 Å². The first-order valence-corrected chi connectivity index (χ1v) is 5.64. The van der Waals surface area contributed by atoms with Gasteiger partial charge in [-0.25, -0.2) is 0 Å². The third-order valence-corrected chi connectivity index (χ3v) is 2.89. The molecular formula is C13H19ClN2. The maximum absolute atomic E-state index is 6.17. The lowest BCUT2D eigenvalue weighted by atomic mass is 10.0. The molecule has 0 aliphatic heterocycles. The summed E-state index contributed by atoms with van der Waals surface area (Å²) in [6, 6.07) is 8.49. The minimum Gasteiger partial charge on any atom is -0.361 e. The molecule has 2 nitrogen and oxygen atoms in total. The maximum atomic E-state index is 6.17. The topological polar surface area (TPSA) is 41.8 Å². The zero-order valence-corrected chi connectivity index (χ0v) is 10.4. The number of fused-ring (bicyclic) bond motifs is 1. The zero-order chi connectivity index (χ0) is 10.7.